The topological polar surface area (TPSA) is 36.3 Å². The predicted octanol–water partition coefficient (Wildman–Crippen LogP) is 3.25. The third-order valence-electron chi connectivity index (χ3n) is 2.84. The minimum Gasteiger partial charge on any atom is -0.486 e. The number of halogens is 1. The second-order valence-corrected chi connectivity index (χ2v) is 5.99. The van der Waals surface area contributed by atoms with Crippen LogP contribution in [0.4, 0.5) is 0 Å². The second-order valence-electron chi connectivity index (χ2n) is 4.20. The zero-order valence-corrected chi connectivity index (χ0v) is 12.8. The molecule has 0 saturated heterocycles. The first-order valence-corrected chi connectivity index (χ1v) is 7.70. The first-order valence-electron chi connectivity index (χ1n) is 5.92. The van der Waals surface area contributed by atoms with Gasteiger partial charge in [-0.25, -0.2) is 4.98 Å². The van der Waals surface area contributed by atoms with E-state index in [0.29, 0.717) is 13.2 Å². The molecule has 0 spiro atoms. The molecule has 2 aromatic rings. The average molecular weight is 341 g/mol. The largest absolute Gasteiger partial charge is 0.486 e. The van der Waals surface area contributed by atoms with E-state index in [2.05, 4.69) is 20.9 Å². The van der Waals surface area contributed by atoms with Crippen LogP contribution >= 0.6 is 27.7 Å². The molecule has 0 radical (unpaired) electrons. The van der Waals surface area contributed by atoms with E-state index in [1.165, 1.54) is 5.56 Å². The van der Waals surface area contributed by atoms with E-state index in [4.69, 9.17) is 9.47 Å². The third-order valence-corrected chi connectivity index (χ3v) is 4.69. The van der Waals surface area contributed by atoms with E-state index in [9.17, 15) is 0 Å². The number of ether oxygens (including phenoxy) is 2. The summed E-state index contributed by atoms with van der Waals surface area (Å²) >= 11 is 5.28. The Kier molecular flexibility index (Phi) is 3.70. The Bertz CT molecular complexity index is 600. The fourth-order valence-corrected chi connectivity index (χ4v) is 3.42. The molecule has 0 unspecified atom stereocenters. The number of nitrogens with zero attached hydrogens (tertiary/aromatic N) is 2. The minimum absolute atomic E-state index is 0.612. The van der Waals surface area contributed by atoms with Gasteiger partial charge in [0.15, 0.2) is 16.7 Å². The Hall–Kier alpha value is -1.14. The number of hydrogen-bond donors (Lipinski definition) is 0. The number of fused-ring (bicyclic) bond motifs is 1. The molecule has 0 atom stereocenters. The van der Waals surface area contributed by atoms with Crippen molar-refractivity contribution >= 4 is 27.7 Å². The summed E-state index contributed by atoms with van der Waals surface area (Å²) in [5.74, 6) is 2.47. The van der Waals surface area contributed by atoms with Crippen LogP contribution in [0.3, 0.4) is 0 Å². The number of aryl methyl sites for hydroxylation is 1. The first-order chi connectivity index (χ1) is 9.24. The fraction of sp³-hybridized carbons (Fsp3) is 0.308. The number of hydrogen-bond acceptors (Lipinski definition) is 4. The Morgan fingerprint density at radius 1 is 1.32 bits per heavy atom. The molecule has 0 bridgehead atoms. The second kappa shape index (κ2) is 5.46. The number of thioether (sulfide) groups is 1. The smallest absolute Gasteiger partial charge is 0.167 e. The van der Waals surface area contributed by atoms with Gasteiger partial charge in [-0.15, -0.1) is 0 Å². The maximum Gasteiger partial charge on any atom is 0.167 e. The van der Waals surface area contributed by atoms with Crippen molar-refractivity contribution in [3.05, 3.63) is 34.6 Å². The molecule has 0 N–H and O–H groups in total. The van der Waals surface area contributed by atoms with E-state index < -0.39 is 0 Å². The van der Waals surface area contributed by atoms with Crippen LogP contribution in [0.5, 0.6) is 11.5 Å². The Labute approximate surface area is 124 Å². The molecule has 6 heteroatoms. The van der Waals surface area contributed by atoms with Gasteiger partial charge < -0.3 is 14.0 Å². The van der Waals surface area contributed by atoms with E-state index >= 15 is 0 Å². The van der Waals surface area contributed by atoms with Crippen LogP contribution < -0.4 is 9.47 Å². The molecule has 0 saturated carbocycles. The lowest BCUT2D eigenvalue weighted by Crippen LogP contribution is -2.15. The first kappa shape index (κ1) is 12.9. The van der Waals surface area contributed by atoms with Crippen LogP contribution in [0.2, 0.25) is 0 Å². The van der Waals surface area contributed by atoms with Crippen molar-refractivity contribution in [3.63, 3.8) is 0 Å². The van der Waals surface area contributed by atoms with Gasteiger partial charge in [0.1, 0.15) is 13.2 Å². The summed E-state index contributed by atoms with van der Waals surface area (Å²) in [6, 6.07) is 4.01. The van der Waals surface area contributed by atoms with Crippen LogP contribution in [-0.4, -0.2) is 22.8 Å². The van der Waals surface area contributed by atoms with Crippen molar-refractivity contribution in [3.8, 4) is 11.5 Å². The zero-order valence-electron chi connectivity index (χ0n) is 10.4. The van der Waals surface area contributed by atoms with Gasteiger partial charge in [0.25, 0.3) is 0 Å². The standard InChI is InChI=1S/C13H13BrN2O2S/c1-16-3-2-15-13(16)19-8-9-6-11-12(7-10(9)14)18-5-4-17-11/h2-3,6-7H,4-5,8H2,1H3. The molecule has 0 fully saturated rings. The van der Waals surface area contributed by atoms with E-state index in [1.54, 1.807) is 18.0 Å². The molecule has 100 valence electrons. The zero-order chi connectivity index (χ0) is 13.2. The lowest BCUT2D eigenvalue weighted by molar-refractivity contribution is 0.171. The molecule has 2 heterocycles. The molecule has 0 amide bonds. The number of rotatable bonds is 3. The van der Waals surface area contributed by atoms with Gasteiger partial charge >= 0.3 is 0 Å². The maximum atomic E-state index is 5.60. The van der Waals surface area contributed by atoms with Crippen LogP contribution in [0.1, 0.15) is 5.56 Å². The highest BCUT2D eigenvalue weighted by Crippen LogP contribution is 2.37. The molecule has 19 heavy (non-hydrogen) atoms. The summed E-state index contributed by atoms with van der Waals surface area (Å²) in [5, 5.41) is 1.00. The van der Waals surface area contributed by atoms with Gasteiger partial charge in [0.05, 0.1) is 0 Å². The van der Waals surface area contributed by atoms with Gasteiger partial charge in [-0.1, -0.05) is 27.7 Å². The summed E-state index contributed by atoms with van der Waals surface area (Å²) in [6.45, 7) is 1.22. The molecular weight excluding hydrogens is 328 g/mol. The summed E-state index contributed by atoms with van der Waals surface area (Å²) in [5.41, 5.74) is 1.18. The molecule has 1 aliphatic rings. The fourth-order valence-electron chi connectivity index (χ4n) is 1.85. The van der Waals surface area contributed by atoms with Crippen molar-refractivity contribution < 1.29 is 9.47 Å². The summed E-state index contributed by atoms with van der Waals surface area (Å²) in [4.78, 5) is 4.30. The highest BCUT2D eigenvalue weighted by Gasteiger charge is 2.15. The van der Waals surface area contributed by atoms with Crippen molar-refractivity contribution in [2.75, 3.05) is 13.2 Å². The van der Waals surface area contributed by atoms with Crippen LogP contribution in [0.15, 0.2) is 34.2 Å². The van der Waals surface area contributed by atoms with Gasteiger partial charge in [-0.2, -0.15) is 0 Å². The van der Waals surface area contributed by atoms with Crippen LogP contribution in [-0.2, 0) is 12.8 Å². The van der Waals surface area contributed by atoms with Crippen molar-refractivity contribution in [1.29, 1.82) is 0 Å². The SMILES string of the molecule is Cn1ccnc1SCc1cc2c(cc1Br)OCCO2. The molecule has 1 aromatic heterocycles. The highest BCUT2D eigenvalue weighted by atomic mass is 79.9. The lowest BCUT2D eigenvalue weighted by atomic mass is 10.2. The summed E-state index contributed by atoms with van der Waals surface area (Å²) in [7, 11) is 1.99. The van der Waals surface area contributed by atoms with Gasteiger partial charge in [-0.3, -0.25) is 0 Å². The van der Waals surface area contributed by atoms with E-state index in [1.807, 2.05) is 29.9 Å². The quantitative estimate of drug-likeness (QED) is 0.803. The van der Waals surface area contributed by atoms with Gasteiger partial charge in [0, 0.05) is 29.7 Å². The number of aromatic nitrogens is 2. The van der Waals surface area contributed by atoms with Crippen LogP contribution in [0.25, 0.3) is 0 Å². The Morgan fingerprint density at radius 2 is 2.05 bits per heavy atom. The summed E-state index contributed by atoms with van der Waals surface area (Å²) < 4.78 is 14.2. The molecule has 4 nitrogen and oxygen atoms in total. The van der Waals surface area contributed by atoms with Gasteiger partial charge in [0.2, 0.25) is 0 Å². The van der Waals surface area contributed by atoms with Crippen molar-refractivity contribution in [2.24, 2.45) is 7.05 Å². The van der Waals surface area contributed by atoms with Crippen molar-refractivity contribution in [1.82, 2.24) is 9.55 Å². The predicted molar refractivity (Wildman–Crippen MR) is 77.9 cm³/mol. The van der Waals surface area contributed by atoms with E-state index in [-0.39, 0.29) is 0 Å². The molecular formula is C13H13BrN2O2S. The molecule has 3 rings (SSSR count). The van der Waals surface area contributed by atoms with Gasteiger partial charge in [-0.05, 0) is 17.7 Å². The Morgan fingerprint density at radius 3 is 2.74 bits per heavy atom. The lowest BCUT2D eigenvalue weighted by Gasteiger charge is -2.19. The van der Waals surface area contributed by atoms with E-state index in [0.717, 1.165) is 26.9 Å². The normalized spacial score (nSPS) is 13.6. The maximum absolute atomic E-state index is 5.60. The average Bonchev–Trinajstić information content (AvgIpc) is 2.82. The summed E-state index contributed by atoms with van der Waals surface area (Å²) in [6.07, 6.45) is 3.75. The highest BCUT2D eigenvalue weighted by molar-refractivity contribution is 9.10. The third kappa shape index (κ3) is 2.74. The molecule has 0 aliphatic carbocycles. The number of benzene rings is 1. The Balaban J connectivity index is 1.79. The van der Waals surface area contributed by atoms with Crippen molar-refractivity contribution in [2.45, 2.75) is 10.9 Å². The number of imidazole rings is 1. The van der Waals surface area contributed by atoms with Crippen LogP contribution in [0, 0.1) is 0 Å². The molecule has 1 aliphatic heterocycles. The molecule has 1 aromatic carbocycles. The minimum atomic E-state index is 0.612. The monoisotopic (exact) mass is 340 g/mol.